The SMILES string of the molecule is c1ccc2c(-c3c4ccccc4c(-c4ccc(-c5cc6sc7c(ccc8sc9ccccc9c87)c6c6ccccc56)cc4)c4ccccc34)cccc2c1. The summed E-state index contributed by atoms with van der Waals surface area (Å²) >= 11 is 3.84. The zero-order valence-electron chi connectivity index (χ0n) is 29.1. The summed E-state index contributed by atoms with van der Waals surface area (Å²) in [5, 5.41) is 15.7. The molecular formula is C52H30S2. The van der Waals surface area contributed by atoms with Gasteiger partial charge in [0, 0.05) is 40.3 Å². The largest absolute Gasteiger partial charge is 0.135 e. The number of thiophene rings is 2. The molecule has 0 fully saturated rings. The van der Waals surface area contributed by atoms with Gasteiger partial charge in [0.15, 0.2) is 0 Å². The molecule has 0 N–H and O–H groups in total. The van der Waals surface area contributed by atoms with Gasteiger partial charge >= 0.3 is 0 Å². The van der Waals surface area contributed by atoms with Crippen LogP contribution in [0.5, 0.6) is 0 Å². The normalized spacial score (nSPS) is 12.1. The third-order valence-corrected chi connectivity index (χ3v) is 13.8. The van der Waals surface area contributed by atoms with E-state index in [2.05, 4.69) is 182 Å². The van der Waals surface area contributed by atoms with Crippen molar-refractivity contribution in [3.05, 3.63) is 182 Å². The van der Waals surface area contributed by atoms with E-state index in [1.807, 2.05) is 22.7 Å². The molecule has 0 bridgehead atoms. The molecule has 0 saturated heterocycles. The van der Waals surface area contributed by atoms with Crippen molar-refractivity contribution >= 4 is 106 Å². The molecule has 0 aliphatic carbocycles. The Balaban J connectivity index is 1.07. The topological polar surface area (TPSA) is 0 Å². The van der Waals surface area contributed by atoms with Crippen LogP contribution in [0.3, 0.4) is 0 Å². The first-order valence-electron chi connectivity index (χ1n) is 18.5. The Morgan fingerprint density at radius 3 is 1.59 bits per heavy atom. The lowest BCUT2D eigenvalue weighted by Crippen LogP contribution is -1.91. The first-order valence-corrected chi connectivity index (χ1v) is 20.1. The standard InChI is InChI=1S/C52H30S2/c1-2-14-34-31(12-1)13-11-22-36(34)49-40-19-7-5-17-38(40)48(39-18-6-8-20-41(39)49)33-26-24-32(25-27-33)44-30-47-50(37-16-4-3-15-35(37)44)43-28-29-46-51(52(43)54-47)42-21-9-10-23-45(42)53-46/h1-30H. The van der Waals surface area contributed by atoms with Crippen LogP contribution in [0, 0.1) is 0 Å². The van der Waals surface area contributed by atoms with Gasteiger partial charge in [-0.15, -0.1) is 22.7 Å². The van der Waals surface area contributed by atoms with E-state index in [1.54, 1.807) is 0 Å². The van der Waals surface area contributed by atoms with E-state index in [0.29, 0.717) is 0 Å². The van der Waals surface area contributed by atoms with Gasteiger partial charge in [-0.05, 0) is 94.7 Å². The van der Waals surface area contributed by atoms with Crippen LogP contribution in [0.4, 0.5) is 0 Å². The molecule has 2 heteroatoms. The second kappa shape index (κ2) is 11.6. The molecule has 2 aromatic heterocycles. The maximum absolute atomic E-state index is 2.45. The van der Waals surface area contributed by atoms with Crippen LogP contribution >= 0.6 is 22.7 Å². The van der Waals surface area contributed by atoms with Crippen molar-refractivity contribution in [3.63, 3.8) is 0 Å². The van der Waals surface area contributed by atoms with Crippen molar-refractivity contribution in [2.75, 3.05) is 0 Å². The molecular weight excluding hydrogens is 689 g/mol. The molecule has 250 valence electrons. The first-order chi connectivity index (χ1) is 26.8. The van der Waals surface area contributed by atoms with Crippen molar-refractivity contribution in [2.24, 2.45) is 0 Å². The molecule has 10 aromatic carbocycles. The van der Waals surface area contributed by atoms with Gasteiger partial charge < -0.3 is 0 Å². The highest BCUT2D eigenvalue weighted by molar-refractivity contribution is 7.30. The Hall–Kier alpha value is -6.32. The summed E-state index contributed by atoms with van der Waals surface area (Å²) in [6.07, 6.45) is 0. The van der Waals surface area contributed by atoms with Gasteiger partial charge in [-0.25, -0.2) is 0 Å². The summed E-state index contributed by atoms with van der Waals surface area (Å²) in [7, 11) is 0. The van der Waals surface area contributed by atoms with Crippen LogP contribution in [0.15, 0.2) is 182 Å². The van der Waals surface area contributed by atoms with E-state index in [-0.39, 0.29) is 0 Å². The summed E-state index contributed by atoms with van der Waals surface area (Å²) in [6.45, 7) is 0. The molecule has 0 aliphatic rings. The molecule has 0 unspecified atom stereocenters. The lowest BCUT2D eigenvalue weighted by atomic mass is 9.84. The molecule has 2 heterocycles. The molecule has 0 atom stereocenters. The minimum atomic E-state index is 1.23. The fourth-order valence-corrected chi connectivity index (χ4v) is 11.6. The van der Waals surface area contributed by atoms with E-state index >= 15 is 0 Å². The summed E-state index contributed by atoms with van der Waals surface area (Å²) in [4.78, 5) is 0. The predicted molar refractivity (Wildman–Crippen MR) is 239 cm³/mol. The molecule has 0 aliphatic heterocycles. The van der Waals surface area contributed by atoms with Gasteiger partial charge in [0.25, 0.3) is 0 Å². The highest BCUT2D eigenvalue weighted by atomic mass is 32.1. The lowest BCUT2D eigenvalue weighted by molar-refractivity contribution is 1.65. The fourth-order valence-electron chi connectivity index (χ4n) is 9.13. The highest BCUT2D eigenvalue weighted by Gasteiger charge is 2.20. The van der Waals surface area contributed by atoms with Gasteiger partial charge in [0.1, 0.15) is 0 Å². The van der Waals surface area contributed by atoms with E-state index in [1.165, 1.54) is 117 Å². The van der Waals surface area contributed by atoms with E-state index in [9.17, 15) is 0 Å². The van der Waals surface area contributed by atoms with Gasteiger partial charge in [0.2, 0.25) is 0 Å². The number of hydrogen-bond donors (Lipinski definition) is 0. The predicted octanol–water partition coefficient (Wildman–Crippen LogP) is 16.0. The Morgan fingerprint density at radius 2 is 0.852 bits per heavy atom. The molecule has 0 saturated carbocycles. The second-order valence-corrected chi connectivity index (χ2v) is 16.4. The Morgan fingerprint density at radius 1 is 0.278 bits per heavy atom. The maximum atomic E-state index is 2.45. The summed E-state index contributed by atoms with van der Waals surface area (Å²) in [6, 6.07) is 67.7. The lowest BCUT2D eigenvalue weighted by Gasteiger charge is -2.19. The maximum Gasteiger partial charge on any atom is 0.0448 e. The molecule has 12 aromatic rings. The zero-order chi connectivity index (χ0) is 35.3. The average molecular weight is 719 g/mol. The quantitative estimate of drug-likeness (QED) is 0.160. The number of rotatable bonds is 3. The van der Waals surface area contributed by atoms with Crippen molar-refractivity contribution < 1.29 is 0 Å². The van der Waals surface area contributed by atoms with Crippen molar-refractivity contribution in [2.45, 2.75) is 0 Å². The van der Waals surface area contributed by atoms with Gasteiger partial charge in [-0.2, -0.15) is 0 Å². The highest BCUT2D eigenvalue weighted by Crippen LogP contribution is 2.49. The monoisotopic (exact) mass is 718 g/mol. The third kappa shape index (κ3) is 4.30. The summed E-state index contributed by atoms with van der Waals surface area (Å²) < 4.78 is 5.45. The zero-order valence-corrected chi connectivity index (χ0v) is 30.8. The van der Waals surface area contributed by atoms with Crippen molar-refractivity contribution in [1.29, 1.82) is 0 Å². The number of hydrogen-bond acceptors (Lipinski definition) is 2. The van der Waals surface area contributed by atoms with Gasteiger partial charge in [-0.3, -0.25) is 0 Å². The third-order valence-electron chi connectivity index (χ3n) is 11.5. The molecule has 0 amide bonds. The Bertz CT molecular complexity index is 3430. The molecule has 12 rings (SSSR count). The van der Waals surface area contributed by atoms with Crippen LogP contribution in [0.25, 0.3) is 117 Å². The molecule has 0 nitrogen and oxygen atoms in total. The van der Waals surface area contributed by atoms with Crippen LogP contribution in [0.2, 0.25) is 0 Å². The van der Waals surface area contributed by atoms with E-state index < -0.39 is 0 Å². The van der Waals surface area contributed by atoms with Crippen LogP contribution in [-0.2, 0) is 0 Å². The van der Waals surface area contributed by atoms with E-state index in [4.69, 9.17) is 0 Å². The van der Waals surface area contributed by atoms with Crippen molar-refractivity contribution in [3.8, 4) is 33.4 Å². The van der Waals surface area contributed by atoms with Crippen LogP contribution in [0.1, 0.15) is 0 Å². The smallest absolute Gasteiger partial charge is 0.0448 e. The van der Waals surface area contributed by atoms with Crippen LogP contribution in [-0.4, -0.2) is 0 Å². The summed E-state index contributed by atoms with van der Waals surface area (Å²) in [5.41, 5.74) is 7.61. The molecule has 0 spiro atoms. The molecule has 0 radical (unpaired) electrons. The number of fused-ring (bicyclic) bond motifs is 12. The number of benzene rings is 10. The minimum Gasteiger partial charge on any atom is -0.135 e. The molecule has 54 heavy (non-hydrogen) atoms. The van der Waals surface area contributed by atoms with Gasteiger partial charge in [-0.1, -0.05) is 164 Å². The minimum absolute atomic E-state index is 1.23. The van der Waals surface area contributed by atoms with Crippen LogP contribution < -0.4 is 0 Å². The summed E-state index contributed by atoms with van der Waals surface area (Å²) in [5.74, 6) is 0. The van der Waals surface area contributed by atoms with Crippen molar-refractivity contribution in [1.82, 2.24) is 0 Å². The Labute approximate surface area is 319 Å². The fraction of sp³-hybridized carbons (Fsp3) is 0. The first kappa shape index (κ1) is 30.2. The Kier molecular flexibility index (Phi) is 6.48. The average Bonchev–Trinajstić information content (AvgIpc) is 3.81. The van der Waals surface area contributed by atoms with E-state index in [0.717, 1.165) is 0 Å². The second-order valence-electron chi connectivity index (χ2n) is 14.3. The van der Waals surface area contributed by atoms with Gasteiger partial charge in [0.05, 0.1) is 0 Å².